The Balaban J connectivity index is 3.32. The minimum Gasteiger partial charge on any atom is -0.466 e. The van der Waals surface area contributed by atoms with Gasteiger partial charge in [-0.05, 0) is 57.8 Å². The number of aliphatic hydroxyl groups excluding tert-OH is 2. The third-order valence-corrected chi connectivity index (χ3v) is 15.5. The number of unbranched alkanes of at least 4 members (excludes halogenated alkanes) is 47. The second-order valence-corrected chi connectivity index (χ2v) is 22.8. The molecule has 0 heterocycles. The molecular weight excluding hydrogens is 899 g/mol. The van der Waals surface area contributed by atoms with Crippen LogP contribution in [-0.4, -0.2) is 47.4 Å². The van der Waals surface area contributed by atoms with Gasteiger partial charge < -0.3 is 20.3 Å². The van der Waals surface area contributed by atoms with E-state index in [-0.39, 0.29) is 18.5 Å². The fourth-order valence-electron chi connectivity index (χ4n) is 10.4. The number of rotatable bonds is 62. The van der Waals surface area contributed by atoms with Crippen LogP contribution in [0.4, 0.5) is 0 Å². The summed E-state index contributed by atoms with van der Waals surface area (Å²) in [7, 11) is 0. The number of ether oxygens (including phenoxy) is 1. The molecule has 0 aromatic heterocycles. The van der Waals surface area contributed by atoms with Crippen molar-refractivity contribution in [2.75, 3.05) is 13.2 Å². The van der Waals surface area contributed by atoms with Crippen molar-refractivity contribution < 1.29 is 24.5 Å². The van der Waals surface area contributed by atoms with Crippen molar-refractivity contribution in [2.45, 2.75) is 379 Å². The Bertz CT molecular complexity index is 1140. The fraction of sp³-hybridized carbons (Fsp3) is 0.910. The van der Waals surface area contributed by atoms with Crippen molar-refractivity contribution in [2.24, 2.45) is 0 Å². The standard InChI is InChI=1S/C67H129NO5/c1-3-5-7-9-11-13-15-17-33-37-41-45-49-53-57-61-67(72)73-62-58-54-50-46-42-38-35-32-30-28-26-24-22-20-18-19-21-23-25-27-29-31-34-36-40-44-48-52-56-60-66(71)68-64(63-69)65(70)59-55-51-47-43-39-16-14-12-10-8-6-4-2/h11,13,17,33,64-65,69-70H,3-10,12,14-16,18-32,34-63H2,1-2H3,(H,68,71)/b13-11-,33-17-/t64-,65+/m0/s1. The van der Waals surface area contributed by atoms with Crippen LogP contribution in [0.5, 0.6) is 0 Å². The lowest BCUT2D eigenvalue weighted by atomic mass is 10.0. The second kappa shape index (κ2) is 62.9. The molecule has 6 nitrogen and oxygen atoms in total. The highest BCUT2D eigenvalue weighted by molar-refractivity contribution is 5.76. The first kappa shape index (κ1) is 71.3. The van der Waals surface area contributed by atoms with E-state index in [0.29, 0.717) is 25.9 Å². The molecule has 432 valence electrons. The number of aliphatic hydroxyl groups is 2. The van der Waals surface area contributed by atoms with Crippen LogP contribution in [0.1, 0.15) is 367 Å². The molecule has 3 N–H and O–H groups in total. The van der Waals surface area contributed by atoms with E-state index in [9.17, 15) is 19.8 Å². The largest absolute Gasteiger partial charge is 0.466 e. The monoisotopic (exact) mass is 1030 g/mol. The van der Waals surface area contributed by atoms with Crippen molar-refractivity contribution in [1.29, 1.82) is 0 Å². The van der Waals surface area contributed by atoms with Crippen LogP contribution in [-0.2, 0) is 14.3 Å². The molecule has 1 amide bonds. The molecule has 73 heavy (non-hydrogen) atoms. The summed E-state index contributed by atoms with van der Waals surface area (Å²) in [6, 6.07) is -0.537. The first-order valence-electron chi connectivity index (χ1n) is 33.1. The predicted octanol–water partition coefficient (Wildman–Crippen LogP) is 21.0. The quantitative estimate of drug-likeness (QED) is 0.0320. The Morgan fingerprint density at radius 2 is 0.685 bits per heavy atom. The van der Waals surface area contributed by atoms with E-state index >= 15 is 0 Å². The van der Waals surface area contributed by atoms with Gasteiger partial charge in [-0.2, -0.15) is 0 Å². The molecule has 2 atom stereocenters. The Morgan fingerprint density at radius 1 is 0.384 bits per heavy atom. The molecule has 0 aromatic rings. The zero-order valence-electron chi connectivity index (χ0n) is 49.4. The van der Waals surface area contributed by atoms with Crippen LogP contribution in [0.2, 0.25) is 0 Å². The summed E-state index contributed by atoms with van der Waals surface area (Å²) in [5, 5.41) is 23.2. The van der Waals surface area contributed by atoms with Crippen molar-refractivity contribution >= 4 is 11.9 Å². The van der Waals surface area contributed by atoms with Crippen LogP contribution in [0, 0.1) is 0 Å². The van der Waals surface area contributed by atoms with Gasteiger partial charge in [0.15, 0.2) is 0 Å². The highest BCUT2D eigenvalue weighted by Gasteiger charge is 2.20. The van der Waals surface area contributed by atoms with Crippen LogP contribution >= 0.6 is 0 Å². The lowest BCUT2D eigenvalue weighted by Crippen LogP contribution is -2.45. The number of carbonyl (C=O) groups is 2. The number of allylic oxidation sites excluding steroid dienone is 4. The third kappa shape index (κ3) is 59.4. The van der Waals surface area contributed by atoms with Gasteiger partial charge >= 0.3 is 5.97 Å². The first-order valence-corrected chi connectivity index (χ1v) is 33.1. The summed E-state index contributed by atoms with van der Waals surface area (Å²) in [5.41, 5.74) is 0. The molecule has 0 aliphatic rings. The predicted molar refractivity (Wildman–Crippen MR) is 320 cm³/mol. The van der Waals surface area contributed by atoms with Crippen LogP contribution in [0.3, 0.4) is 0 Å². The Morgan fingerprint density at radius 3 is 1.07 bits per heavy atom. The molecule has 0 unspecified atom stereocenters. The van der Waals surface area contributed by atoms with Crippen molar-refractivity contribution in [3.63, 3.8) is 0 Å². The maximum atomic E-state index is 12.5. The molecule has 0 aliphatic heterocycles. The number of esters is 1. The molecule has 0 fully saturated rings. The van der Waals surface area contributed by atoms with Gasteiger partial charge in [0.1, 0.15) is 0 Å². The van der Waals surface area contributed by atoms with Crippen LogP contribution in [0.25, 0.3) is 0 Å². The molecule has 0 saturated carbocycles. The summed E-state index contributed by atoms with van der Waals surface area (Å²) in [5.74, 6) is -0.0246. The van der Waals surface area contributed by atoms with E-state index in [1.165, 1.54) is 283 Å². The van der Waals surface area contributed by atoms with Crippen molar-refractivity contribution in [1.82, 2.24) is 5.32 Å². The van der Waals surface area contributed by atoms with Gasteiger partial charge in [-0.25, -0.2) is 0 Å². The summed E-state index contributed by atoms with van der Waals surface area (Å²) >= 11 is 0. The summed E-state index contributed by atoms with van der Waals surface area (Å²) in [6.45, 7) is 4.94. The average Bonchev–Trinajstić information content (AvgIpc) is 3.39. The number of carbonyl (C=O) groups excluding carboxylic acids is 2. The molecule has 0 aromatic carbocycles. The molecule has 0 aliphatic carbocycles. The zero-order valence-corrected chi connectivity index (χ0v) is 49.4. The lowest BCUT2D eigenvalue weighted by Gasteiger charge is -2.22. The Labute approximate surface area is 456 Å². The van der Waals surface area contributed by atoms with E-state index in [1.807, 2.05) is 0 Å². The Kier molecular flexibility index (Phi) is 61.4. The fourth-order valence-corrected chi connectivity index (χ4v) is 10.4. The normalized spacial score (nSPS) is 12.7. The summed E-state index contributed by atoms with van der Waals surface area (Å²) in [6.07, 6.45) is 77.9. The van der Waals surface area contributed by atoms with Gasteiger partial charge in [0, 0.05) is 12.8 Å². The van der Waals surface area contributed by atoms with Gasteiger partial charge in [0.2, 0.25) is 5.91 Å². The molecule has 0 saturated heterocycles. The van der Waals surface area contributed by atoms with Gasteiger partial charge in [-0.3, -0.25) is 9.59 Å². The molecule has 0 radical (unpaired) electrons. The van der Waals surface area contributed by atoms with Gasteiger partial charge in [0.05, 0.1) is 25.4 Å². The van der Waals surface area contributed by atoms with Crippen LogP contribution < -0.4 is 5.32 Å². The maximum absolute atomic E-state index is 12.5. The van der Waals surface area contributed by atoms with Gasteiger partial charge in [0.25, 0.3) is 0 Å². The molecular formula is C67H129NO5. The maximum Gasteiger partial charge on any atom is 0.305 e. The van der Waals surface area contributed by atoms with E-state index in [1.54, 1.807) is 0 Å². The number of nitrogens with one attached hydrogen (secondary N) is 1. The first-order chi connectivity index (χ1) is 36.0. The second-order valence-electron chi connectivity index (χ2n) is 22.8. The zero-order chi connectivity index (χ0) is 52.9. The smallest absolute Gasteiger partial charge is 0.305 e. The summed E-state index contributed by atoms with van der Waals surface area (Å²) in [4.78, 5) is 24.5. The van der Waals surface area contributed by atoms with E-state index in [0.717, 1.165) is 51.4 Å². The van der Waals surface area contributed by atoms with Gasteiger partial charge in [-0.15, -0.1) is 0 Å². The molecule has 0 spiro atoms. The number of hydrogen-bond acceptors (Lipinski definition) is 5. The minimum atomic E-state index is -0.660. The summed E-state index contributed by atoms with van der Waals surface area (Å²) < 4.78 is 5.48. The molecule has 6 heteroatoms. The highest BCUT2D eigenvalue weighted by atomic mass is 16.5. The third-order valence-electron chi connectivity index (χ3n) is 15.5. The number of amides is 1. The van der Waals surface area contributed by atoms with E-state index in [2.05, 4.69) is 43.5 Å². The minimum absolute atomic E-state index is 0.00579. The van der Waals surface area contributed by atoms with E-state index in [4.69, 9.17) is 4.74 Å². The average molecular weight is 1030 g/mol. The molecule has 0 rings (SSSR count). The van der Waals surface area contributed by atoms with Gasteiger partial charge in [-0.1, -0.05) is 321 Å². The topological polar surface area (TPSA) is 95.9 Å². The Hall–Kier alpha value is -1.66. The molecule has 0 bridgehead atoms. The SMILES string of the molecule is CCCCC/C=C\C/C=C\CCCCCCCC(=O)OCCCCCCCCCCCCCCCCCCCCCCCCCCCCCCCC(=O)N[C@@H](CO)[C@H](O)CCCCCCCCCCCCCC. The lowest BCUT2D eigenvalue weighted by molar-refractivity contribution is -0.143. The van der Waals surface area contributed by atoms with E-state index < -0.39 is 12.1 Å². The highest BCUT2D eigenvalue weighted by Crippen LogP contribution is 2.19. The van der Waals surface area contributed by atoms with Crippen molar-refractivity contribution in [3.8, 4) is 0 Å². The van der Waals surface area contributed by atoms with Crippen LogP contribution in [0.15, 0.2) is 24.3 Å². The number of hydrogen-bond donors (Lipinski definition) is 3. The van der Waals surface area contributed by atoms with Crippen molar-refractivity contribution in [3.05, 3.63) is 24.3 Å².